The van der Waals surface area contributed by atoms with E-state index in [1.807, 2.05) is 24.3 Å². The van der Waals surface area contributed by atoms with Crippen LogP contribution < -0.4 is 0 Å². The second kappa shape index (κ2) is 8.08. The number of rotatable bonds is 3. The Balaban J connectivity index is 1.81. The quantitative estimate of drug-likeness (QED) is 0.534. The van der Waals surface area contributed by atoms with Gasteiger partial charge in [0.05, 0.1) is 6.04 Å². The van der Waals surface area contributed by atoms with E-state index < -0.39 is 0 Å². The molecule has 1 aliphatic heterocycles. The highest BCUT2D eigenvalue weighted by Crippen LogP contribution is 2.48. The number of piperidine rings is 1. The Labute approximate surface area is 177 Å². The first-order chi connectivity index (χ1) is 13.4. The first-order valence-corrected chi connectivity index (χ1v) is 11.0. The van der Waals surface area contributed by atoms with Crippen LogP contribution in [-0.4, -0.2) is 16.8 Å². The zero-order valence-corrected chi connectivity index (χ0v) is 18.0. The summed E-state index contributed by atoms with van der Waals surface area (Å²) < 4.78 is 0. The fourth-order valence-corrected chi connectivity index (χ4v) is 5.47. The summed E-state index contributed by atoms with van der Waals surface area (Å²) in [5, 5.41) is 1.47. The molecule has 2 aromatic carbocycles. The molecule has 2 aromatic rings. The number of likely N-dealkylation sites (tertiary alicyclic amines) is 1. The molecule has 1 amide bonds. The smallest absolute Gasteiger partial charge is 0.226 e. The van der Waals surface area contributed by atoms with Crippen LogP contribution in [0.3, 0.4) is 0 Å². The Hall–Kier alpha value is -1.51. The van der Waals surface area contributed by atoms with E-state index in [1.54, 1.807) is 0 Å². The van der Waals surface area contributed by atoms with Gasteiger partial charge in [-0.25, -0.2) is 0 Å². The first kappa shape index (κ1) is 19.8. The maximum atomic E-state index is 13.4. The van der Waals surface area contributed by atoms with Crippen LogP contribution in [0, 0.1) is 11.8 Å². The lowest BCUT2D eigenvalue weighted by molar-refractivity contribution is -0.145. The summed E-state index contributed by atoms with van der Waals surface area (Å²) in [6.45, 7) is 4.37. The number of hydrogen-bond donors (Lipinski definition) is 0. The molecule has 1 saturated heterocycles. The van der Waals surface area contributed by atoms with Crippen molar-refractivity contribution < 1.29 is 4.79 Å². The van der Waals surface area contributed by atoms with E-state index in [9.17, 15) is 4.79 Å². The number of nitrogens with zero attached hydrogens (tertiary/aromatic N) is 1. The van der Waals surface area contributed by atoms with Crippen molar-refractivity contribution in [3.8, 4) is 0 Å². The third-order valence-electron chi connectivity index (χ3n) is 6.51. The molecule has 4 heteroatoms. The first-order valence-electron chi connectivity index (χ1n) is 10.3. The monoisotopic (exact) mass is 415 g/mol. The van der Waals surface area contributed by atoms with E-state index in [0.717, 1.165) is 34.9 Å². The third kappa shape index (κ3) is 3.82. The molecule has 28 heavy (non-hydrogen) atoms. The second-order valence-corrected chi connectivity index (χ2v) is 9.49. The molecule has 0 bridgehead atoms. The van der Waals surface area contributed by atoms with Crippen LogP contribution in [0.15, 0.2) is 48.5 Å². The van der Waals surface area contributed by atoms with Gasteiger partial charge in [0.25, 0.3) is 0 Å². The van der Waals surface area contributed by atoms with Gasteiger partial charge in [-0.05, 0) is 67.0 Å². The Kier molecular flexibility index (Phi) is 5.71. The summed E-state index contributed by atoms with van der Waals surface area (Å²) in [5.41, 5.74) is 2.37. The minimum atomic E-state index is 0.0171. The van der Waals surface area contributed by atoms with Crippen LogP contribution in [0.25, 0.3) is 0 Å². The molecule has 4 rings (SSSR count). The van der Waals surface area contributed by atoms with E-state index in [4.69, 9.17) is 23.2 Å². The molecule has 1 heterocycles. The number of benzene rings is 2. The largest absolute Gasteiger partial charge is 0.332 e. The van der Waals surface area contributed by atoms with E-state index in [-0.39, 0.29) is 23.8 Å². The van der Waals surface area contributed by atoms with Crippen LogP contribution in [0.4, 0.5) is 0 Å². The minimum Gasteiger partial charge on any atom is -0.332 e. The van der Waals surface area contributed by atoms with Gasteiger partial charge in [0.15, 0.2) is 0 Å². The van der Waals surface area contributed by atoms with Crippen molar-refractivity contribution in [1.82, 2.24) is 4.90 Å². The van der Waals surface area contributed by atoms with Crippen LogP contribution in [0.1, 0.15) is 62.6 Å². The lowest BCUT2D eigenvalue weighted by Crippen LogP contribution is -2.50. The maximum absolute atomic E-state index is 13.4. The molecule has 148 valence electrons. The predicted octanol–water partition coefficient (Wildman–Crippen LogP) is 6.88. The van der Waals surface area contributed by atoms with Gasteiger partial charge in [0.1, 0.15) is 0 Å². The van der Waals surface area contributed by atoms with Gasteiger partial charge in [-0.1, -0.05) is 61.3 Å². The van der Waals surface area contributed by atoms with Gasteiger partial charge in [0.2, 0.25) is 5.91 Å². The van der Waals surface area contributed by atoms with Gasteiger partial charge < -0.3 is 4.90 Å². The third-order valence-corrected chi connectivity index (χ3v) is 7.00. The number of amides is 1. The average Bonchev–Trinajstić information content (AvgIpc) is 3.10. The summed E-state index contributed by atoms with van der Waals surface area (Å²) in [4.78, 5) is 15.6. The van der Waals surface area contributed by atoms with Crippen molar-refractivity contribution in [3.63, 3.8) is 0 Å². The lowest BCUT2D eigenvalue weighted by Gasteiger charge is -2.47. The SMILES string of the molecule is CC1C[C@H](c2cccc(Cl)c2)[C@@H](c2ccc(Cl)cc2)N(C2CC[C@H](C)C2)C1=O. The summed E-state index contributed by atoms with van der Waals surface area (Å²) in [5.74, 6) is 1.20. The average molecular weight is 416 g/mol. The Bertz CT molecular complexity index is 850. The van der Waals surface area contributed by atoms with Gasteiger partial charge >= 0.3 is 0 Å². The molecule has 0 radical (unpaired) electrons. The highest BCUT2D eigenvalue weighted by molar-refractivity contribution is 6.30. The van der Waals surface area contributed by atoms with Crippen molar-refractivity contribution in [2.75, 3.05) is 0 Å². The molecule has 2 nitrogen and oxygen atoms in total. The Morgan fingerprint density at radius 1 is 0.893 bits per heavy atom. The Morgan fingerprint density at radius 3 is 2.29 bits per heavy atom. The molecule has 1 saturated carbocycles. The molecule has 2 aliphatic rings. The van der Waals surface area contributed by atoms with Crippen molar-refractivity contribution >= 4 is 29.1 Å². The summed E-state index contributed by atoms with van der Waals surface area (Å²) in [6.07, 6.45) is 4.21. The molecule has 2 fully saturated rings. The van der Waals surface area contributed by atoms with Crippen molar-refractivity contribution in [1.29, 1.82) is 0 Å². The van der Waals surface area contributed by atoms with Gasteiger partial charge in [0, 0.05) is 27.9 Å². The lowest BCUT2D eigenvalue weighted by atomic mass is 9.75. The fraction of sp³-hybridized carbons (Fsp3) is 0.458. The second-order valence-electron chi connectivity index (χ2n) is 8.61. The van der Waals surface area contributed by atoms with Gasteiger partial charge in [-0.3, -0.25) is 4.79 Å². The maximum Gasteiger partial charge on any atom is 0.226 e. The van der Waals surface area contributed by atoms with E-state index in [1.165, 1.54) is 12.0 Å². The van der Waals surface area contributed by atoms with Crippen LogP contribution >= 0.6 is 23.2 Å². The number of hydrogen-bond acceptors (Lipinski definition) is 1. The van der Waals surface area contributed by atoms with E-state index >= 15 is 0 Å². The van der Waals surface area contributed by atoms with Gasteiger partial charge in [-0.15, -0.1) is 0 Å². The molecular formula is C24H27Cl2NO. The molecule has 0 aromatic heterocycles. The van der Waals surface area contributed by atoms with Crippen LogP contribution in [-0.2, 0) is 4.79 Å². The van der Waals surface area contributed by atoms with E-state index in [0.29, 0.717) is 12.0 Å². The van der Waals surface area contributed by atoms with Crippen molar-refractivity contribution in [2.45, 2.75) is 57.5 Å². The molecule has 1 aliphatic carbocycles. The summed E-state index contributed by atoms with van der Waals surface area (Å²) >= 11 is 12.5. The fourth-order valence-electron chi connectivity index (χ4n) is 5.14. The number of carbonyl (C=O) groups is 1. The molecular weight excluding hydrogens is 389 g/mol. The molecule has 2 unspecified atom stereocenters. The number of halogens is 2. The molecule has 0 spiro atoms. The summed E-state index contributed by atoms with van der Waals surface area (Å²) in [7, 11) is 0. The zero-order chi connectivity index (χ0) is 19.8. The number of carbonyl (C=O) groups excluding carboxylic acids is 1. The Morgan fingerprint density at radius 2 is 1.64 bits per heavy atom. The minimum absolute atomic E-state index is 0.0171. The molecule has 5 atom stereocenters. The molecule has 0 N–H and O–H groups in total. The summed E-state index contributed by atoms with van der Waals surface area (Å²) in [6, 6.07) is 16.5. The normalized spacial score (nSPS) is 30.6. The van der Waals surface area contributed by atoms with Crippen LogP contribution in [0.2, 0.25) is 10.0 Å². The van der Waals surface area contributed by atoms with E-state index in [2.05, 4.69) is 43.0 Å². The zero-order valence-electron chi connectivity index (χ0n) is 16.4. The highest BCUT2D eigenvalue weighted by Gasteiger charge is 2.45. The standard InChI is InChI=1S/C24H27Cl2NO/c1-15-6-11-21(12-15)27-23(17-7-9-19(25)10-8-17)22(13-16(2)24(27)28)18-4-3-5-20(26)14-18/h3-5,7-10,14-16,21-23H,6,11-13H2,1-2H3/t15-,16?,21?,22+,23+/m0/s1. The predicted molar refractivity (Wildman–Crippen MR) is 116 cm³/mol. The van der Waals surface area contributed by atoms with Crippen molar-refractivity contribution in [3.05, 3.63) is 69.7 Å². The van der Waals surface area contributed by atoms with Gasteiger partial charge in [-0.2, -0.15) is 0 Å². The van der Waals surface area contributed by atoms with Crippen molar-refractivity contribution in [2.24, 2.45) is 11.8 Å². The topological polar surface area (TPSA) is 20.3 Å². The highest BCUT2D eigenvalue weighted by atomic mass is 35.5. The van der Waals surface area contributed by atoms with Crippen LogP contribution in [0.5, 0.6) is 0 Å².